The molecule has 1 aliphatic carbocycles. The number of likely N-dealkylation sites (tertiary alicyclic amines) is 1. The summed E-state index contributed by atoms with van der Waals surface area (Å²) < 4.78 is 10.8. The molecule has 3 unspecified atom stereocenters. The average Bonchev–Trinajstić information content (AvgIpc) is 3.41. The van der Waals surface area contributed by atoms with Crippen molar-refractivity contribution in [1.82, 2.24) is 10.2 Å². The highest BCUT2D eigenvalue weighted by Gasteiger charge is 2.47. The van der Waals surface area contributed by atoms with Crippen LogP contribution in [-0.2, 0) is 11.3 Å². The van der Waals surface area contributed by atoms with Crippen molar-refractivity contribution < 1.29 is 19.1 Å². The van der Waals surface area contributed by atoms with Gasteiger partial charge in [-0.25, -0.2) is 0 Å². The third-order valence-corrected chi connectivity index (χ3v) is 6.84. The Morgan fingerprint density at radius 2 is 1.90 bits per heavy atom. The molecule has 0 bridgehead atoms. The fourth-order valence-electron chi connectivity index (χ4n) is 5.11. The number of rotatable bonds is 4. The minimum absolute atomic E-state index is 0.109. The molecule has 2 aromatic carbocycles. The highest BCUT2D eigenvalue weighted by Crippen LogP contribution is 2.41. The van der Waals surface area contributed by atoms with Gasteiger partial charge in [0, 0.05) is 23.2 Å². The molecule has 1 saturated carbocycles. The minimum atomic E-state index is -0.464. The standard InChI is InChI=1S/C24H25ClN2O4/c25-18-6-3-5-17(11-18)24(29)27-19-7-2-1-4-16(19)12-20(27)23(28)26-13-15-8-9-21-22(10-15)31-14-30-21/h3,5-6,8-11,16,19-20H,1-2,4,7,12-14H2,(H,26,28). The van der Waals surface area contributed by atoms with Gasteiger partial charge < -0.3 is 19.7 Å². The molecule has 0 radical (unpaired) electrons. The Hall–Kier alpha value is -2.73. The smallest absolute Gasteiger partial charge is 0.254 e. The first kappa shape index (κ1) is 20.2. The second kappa shape index (κ2) is 8.42. The van der Waals surface area contributed by atoms with Gasteiger partial charge in [0.25, 0.3) is 5.91 Å². The van der Waals surface area contributed by atoms with Crippen molar-refractivity contribution in [2.75, 3.05) is 6.79 Å². The Kier molecular flexibility index (Phi) is 5.48. The van der Waals surface area contributed by atoms with E-state index in [0.29, 0.717) is 41.0 Å². The predicted octanol–water partition coefficient (Wildman–Crippen LogP) is 4.16. The van der Waals surface area contributed by atoms with E-state index in [1.54, 1.807) is 24.3 Å². The molecule has 1 N–H and O–H groups in total. The molecule has 6 nitrogen and oxygen atoms in total. The number of nitrogens with zero attached hydrogens (tertiary/aromatic N) is 1. The molecule has 162 valence electrons. The van der Waals surface area contributed by atoms with Crippen LogP contribution in [0.5, 0.6) is 11.5 Å². The van der Waals surface area contributed by atoms with Crippen LogP contribution in [0.25, 0.3) is 0 Å². The second-order valence-corrected chi connectivity index (χ2v) is 8.93. The van der Waals surface area contributed by atoms with Crippen LogP contribution in [0.3, 0.4) is 0 Å². The van der Waals surface area contributed by atoms with Crippen LogP contribution in [0, 0.1) is 5.92 Å². The number of ether oxygens (including phenoxy) is 2. The number of hydrogen-bond acceptors (Lipinski definition) is 4. The van der Waals surface area contributed by atoms with Gasteiger partial charge in [-0.05, 0) is 61.1 Å². The number of amides is 2. The molecule has 1 saturated heterocycles. The predicted molar refractivity (Wildman–Crippen MR) is 116 cm³/mol. The molecule has 5 rings (SSSR count). The van der Waals surface area contributed by atoms with Gasteiger partial charge >= 0.3 is 0 Å². The van der Waals surface area contributed by atoms with E-state index in [1.165, 1.54) is 0 Å². The lowest BCUT2D eigenvalue weighted by atomic mass is 9.84. The van der Waals surface area contributed by atoms with Crippen LogP contribution in [-0.4, -0.2) is 35.6 Å². The van der Waals surface area contributed by atoms with Gasteiger partial charge in [0.2, 0.25) is 12.7 Å². The molecule has 2 aliphatic heterocycles. The number of carbonyl (C=O) groups is 2. The van der Waals surface area contributed by atoms with E-state index in [0.717, 1.165) is 31.2 Å². The van der Waals surface area contributed by atoms with Crippen molar-refractivity contribution >= 4 is 23.4 Å². The van der Waals surface area contributed by atoms with Crippen LogP contribution < -0.4 is 14.8 Å². The van der Waals surface area contributed by atoms with E-state index in [2.05, 4.69) is 5.32 Å². The molecule has 3 atom stereocenters. The number of hydrogen-bond donors (Lipinski definition) is 1. The Labute approximate surface area is 186 Å². The van der Waals surface area contributed by atoms with E-state index in [1.807, 2.05) is 23.1 Å². The molecule has 2 heterocycles. The van der Waals surface area contributed by atoms with Gasteiger partial charge in [-0.3, -0.25) is 9.59 Å². The Morgan fingerprint density at radius 3 is 2.77 bits per heavy atom. The Morgan fingerprint density at radius 1 is 1.06 bits per heavy atom. The van der Waals surface area contributed by atoms with E-state index in [9.17, 15) is 9.59 Å². The first-order valence-corrected chi connectivity index (χ1v) is 11.2. The maximum Gasteiger partial charge on any atom is 0.254 e. The van der Waals surface area contributed by atoms with Gasteiger partial charge in [-0.2, -0.15) is 0 Å². The monoisotopic (exact) mass is 440 g/mol. The summed E-state index contributed by atoms with van der Waals surface area (Å²) in [5, 5.41) is 3.56. The van der Waals surface area contributed by atoms with Crippen LogP contribution in [0.2, 0.25) is 5.02 Å². The topological polar surface area (TPSA) is 67.9 Å². The molecule has 0 aromatic heterocycles. The molecule has 2 aromatic rings. The second-order valence-electron chi connectivity index (χ2n) is 8.49. The van der Waals surface area contributed by atoms with Crippen molar-refractivity contribution in [3.8, 4) is 11.5 Å². The molecular weight excluding hydrogens is 416 g/mol. The first-order chi connectivity index (χ1) is 15.1. The quantitative estimate of drug-likeness (QED) is 0.775. The van der Waals surface area contributed by atoms with Gasteiger partial charge in [0.15, 0.2) is 11.5 Å². The fourth-order valence-corrected chi connectivity index (χ4v) is 5.30. The maximum absolute atomic E-state index is 13.4. The summed E-state index contributed by atoms with van der Waals surface area (Å²) in [5.74, 6) is 1.56. The van der Waals surface area contributed by atoms with Crippen LogP contribution in [0.1, 0.15) is 48.0 Å². The number of fused-ring (bicyclic) bond motifs is 2. The van der Waals surface area contributed by atoms with Crippen molar-refractivity contribution in [2.45, 2.75) is 50.7 Å². The minimum Gasteiger partial charge on any atom is -0.454 e. The first-order valence-electron chi connectivity index (χ1n) is 10.8. The molecule has 0 spiro atoms. The zero-order valence-corrected chi connectivity index (χ0v) is 17.9. The summed E-state index contributed by atoms with van der Waals surface area (Å²) in [7, 11) is 0. The molecule has 7 heteroatoms. The highest BCUT2D eigenvalue weighted by atomic mass is 35.5. The van der Waals surface area contributed by atoms with E-state index in [4.69, 9.17) is 21.1 Å². The summed E-state index contributed by atoms with van der Waals surface area (Å²) in [5.41, 5.74) is 1.47. The van der Waals surface area contributed by atoms with Crippen molar-refractivity contribution in [3.63, 3.8) is 0 Å². The van der Waals surface area contributed by atoms with E-state index < -0.39 is 6.04 Å². The van der Waals surface area contributed by atoms with Crippen molar-refractivity contribution in [2.24, 2.45) is 5.92 Å². The molecule has 3 aliphatic rings. The normalized spacial score (nSPS) is 24.0. The number of nitrogens with one attached hydrogen (secondary N) is 1. The largest absolute Gasteiger partial charge is 0.454 e. The lowest BCUT2D eigenvalue weighted by molar-refractivity contribution is -0.125. The fraction of sp³-hybridized carbons (Fsp3) is 0.417. The summed E-state index contributed by atoms with van der Waals surface area (Å²) >= 11 is 6.12. The maximum atomic E-state index is 13.4. The molecular formula is C24H25ClN2O4. The summed E-state index contributed by atoms with van der Waals surface area (Å²) in [6.45, 7) is 0.594. The van der Waals surface area contributed by atoms with Crippen molar-refractivity contribution in [3.05, 3.63) is 58.6 Å². The Balaban J connectivity index is 1.34. The van der Waals surface area contributed by atoms with E-state index in [-0.39, 0.29) is 24.6 Å². The summed E-state index contributed by atoms with van der Waals surface area (Å²) in [4.78, 5) is 28.5. The zero-order chi connectivity index (χ0) is 21.4. The lowest BCUT2D eigenvalue weighted by Gasteiger charge is -2.33. The van der Waals surface area contributed by atoms with Gasteiger partial charge in [-0.15, -0.1) is 0 Å². The molecule has 2 fully saturated rings. The molecule has 2 amide bonds. The third kappa shape index (κ3) is 3.97. The number of carbonyl (C=O) groups excluding carboxylic acids is 2. The van der Waals surface area contributed by atoms with E-state index >= 15 is 0 Å². The Bertz CT molecular complexity index is 1010. The van der Waals surface area contributed by atoms with Gasteiger partial charge in [-0.1, -0.05) is 36.6 Å². The highest BCUT2D eigenvalue weighted by molar-refractivity contribution is 6.31. The van der Waals surface area contributed by atoms with Gasteiger partial charge in [0.05, 0.1) is 0 Å². The van der Waals surface area contributed by atoms with Gasteiger partial charge in [0.1, 0.15) is 6.04 Å². The zero-order valence-electron chi connectivity index (χ0n) is 17.2. The number of halogens is 1. The van der Waals surface area contributed by atoms with Crippen LogP contribution in [0.4, 0.5) is 0 Å². The third-order valence-electron chi connectivity index (χ3n) is 6.60. The summed E-state index contributed by atoms with van der Waals surface area (Å²) in [6, 6.07) is 12.3. The van der Waals surface area contributed by atoms with Crippen LogP contribution in [0.15, 0.2) is 42.5 Å². The average molecular weight is 441 g/mol. The SMILES string of the molecule is O=C(NCc1ccc2c(c1)OCO2)C1CC2CCCCC2N1C(=O)c1cccc(Cl)c1. The van der Waals surface area contributed by atoms with Crippen molar-refractivity contribution in [1.29, 1.82) is 0 Å². The number of benzene rings is 2. The van der Waals surface area contributed by atoms with Crippen LogP contribution >= 0.6 is 11.6 Å². The summed E-state index contributed by atoms with van der Waals surface area (Å²) in [6.07, 6.45) is 4.97. The lowest BCUT2D eigenvalue weighted by Crippen LogP contribution is -2.49. The molecule has 31 heavy (non-hydrogen) atoms.